The number of nitrogens with one attached hydrogen (secondary N) is 1. The zero-order chi connectivity index (χ0) is 23.2. The lowest BCUT2D eigenvalue weighted by Gasteiger charge is -2.43. The maximum absolute atomic E-state index is 12.7. The third-order valence-corrected chi connectivity index (χ3v) is 6.76. The number of para-hydroxylation sites is 1. The second-order valence-corrected chi connectivity index (χ2v) is 8.95. The fraction of sp³-hybridized carbons (Fsp3) is 0.269. The van der Waals surface area contributed by atoms with Gasteiger partial charge in [0.1, 0.15) is 5.82 Å². The monoisotopic (exact) mass is 492 g/mol. The number of nitrogens with zero attached hydrogens (tertiary/aromatic N) is 3. The first kappa shape index (κ1) is 23.0. The van der Waals surface area contributed by atoms with Crippen LogP contribution in [0.4, 0.5) is 11.5 Å². The number of hydrogen-bond acceptors (Lipinski definition) is 6. The van der Waals surface area contributed by atoms with Gasteiger partial charge in [-0.2, -0.15) is 0 Å². The highest BCUT2D eigenvalue weighted by Crippen LogP contribution is 2.36. The second-order valence-electron chi connectivity index (χ2n) is 8.95. The number of halogens is 1. The van der Waals surface area contributed by atoms with E-state index in [0.717, 1.165) is 43.0 Å². The Morgan fingerprint density at radius 2 is 1.97 bits per heavy atom. The molecule has 0 saturated carbocycles. The van der Waals surface area contributed by atoms with Crippen molar-refractivity contribution >= 4 is 40.8 Å². The molecule has 4 aromatic rings. The van der Waals surface area contributed by atoms with Crippen LogP contribution in [0.3, 0.4) is 0 Å². The number of carbonyl (C=O) groups excluding carboxylic acids is 1. The summed E-state index contributed by atoms with van der Waals surface area (Å²) in [6.45, 7) is 2.43. The van der Waals surface area contributed by atoms with E-state index in [9.17, 15) is 9.59 Å². The van der Waals surface area contributed by atoms with Gasteiger partial charge in [-0.05, 0) is 42.7 Å². The molecule has 8 nitrogen and oxygen atoms in total. The van der Waals surface area contributed by atoms with Gasteiger partial charge < -0.3 is 23.9 Å². The van der Waals surface area contributed by atoms with Gasteiger partial charge in [0.2, 0.25) is 0 Å². The van der Waals surface area contributed by atoms with Crippen LogP contribution in [0.5, 0.6) is 5.75 Å². The van der Waals surface area contributed by atoms with Gasteiger partial charge in [0, 0.05) is 42.7 Å². The molecule has 2 bridgehead atoms. The van der Waals surface area contributed by atoms with Crippen molar-refractivity contribution < 1.29 is 13.9 Å². The number of ether oxygens (including phenoxy) is 1. The Balaban J connectivity index is 0.00000253. The van der Waals surface area contributed by atoms with Crippen molar-refractivity contribution in [2.75, 3.05) is 30.4 Å². The minimum Gasteiger partial charge on any atom is -0.493 e. The lowest BCUT2D eigenvalue weighted by Crippen LogP contribution is -2.47. The number of methoxy groups -OCH3 is 1. The van der Waals surface area contributed by atoms with Crippen LogP contribution in [-0.4, -0.2) is 35.7 Å². The van der Waals surface area contributed by atoms with Crippen molar-refractivity contribution in [3.05, 3.63) is 82.6 Å². The van der Waals surface area contributed by atoms with Crippen molar-refractivity contribution in [2.45, 2.75) is 18.9 Å². The molecule has 2 atom stereocenters. The highest BCUT2D eigenvalue weighted by atomic mass is 35.5. The lowest BCUT2D eigenvalue weighted by atomic mass is 9.83. The first-order valence-corrected chi connectivity index (χ1v) is 11.4. The number of benzene rings is 1. The van der Waals surface area contributed by atoms with Crippen LogP contribution in [-0.2, 0) is 6.54 Å². The molecule has 1 fully saturated rings. The fourth-order valence-electron chi connectivity index (χ4n) is 5.23. The summed E-state index contributed by atoms with van der Waals surface area (Å²) in [6, 6.07) is 16.5. The van der Waals surface area contributed by atoms with Gasteiger partial charge in [-0.3, -0.25) is 9.59 Å². The molecule has 3 aromatic heterocycles. The number of furan rings is 1. The van der Waals surface area contributed by atoms with Gasteiger partial charge in [0.05, 0.1) is 19.0 Å². The molecule has 0 aliphatic carbocycles. The number of carbonyl (C=O) groups is 1. The molecule has 9 heteroatoms. The van der Waals surface area contributed by atoms with Crippen molar-refractivity contribution in [2.24, 2.45) is 5.92 Å². The summed E-state index contributed by atoms with van der Waals surface area (Å²) in [7, 11) is 1.57. The number of pyridine rings is 2. The molecule has 35 heavy (non-hydrogen) atoms. The molecule has 180 valence electrons. The highest BCUT2D eigenvalue weighted by Gasteiger charge is 2.34. The van der Waals surface area contributed by atoms with E-state index in [1.807, 2.05) is 34.9 Å². The Labute approximate surface area is 207 Å². The Morgan fingerprint density at radius 3 is 2.77 bits per heavy atom. The van der Waals surface area contributed by atoms with E-state index in [2.05, 4.69) is 21.3 Å². The second kappa shape index (κ2) is 9.11. The first-order valence-electron chi connectivity index (χ1n) is 11.4. The molecule has 1 aromatic carbocycles. The molecule has 5 heterocycles. The molecule has 2 unspecified atom stereocenters. The molecule has 1 N–H and O–H groups in total. The summed E-state index contributed by atoms with van der Waals surface area (Å²) in [5, 5.41) is 3.66. The van der Waals surface area contributed by atoms with Crippen molar-refractivity contribution in [1.29, 1.82) is 0 Å². The van der Waals surface area contributed by atoms with Crippen LogP contribution < -0.4 is 20.5 Å². The van der Waals surface area contributed by atoms with Gasteiger partial charge >= 0.3 is 0 Å². The van der Waals surface area contributed by atoms with E-state index < -0.39 is 0 Å². The summed E-state index contributed by atoms with van der Waals surface area (Å²) in [5.41, 5.74) is 2.33. The smallest absolute Gasteiger partial charge is 0.291 e. The fourth-order valence-corrected chi connectivity index (χ4v) is 5.23. The Kier molecular flexibility index (Phi) is 5.98. The van der Waals surface area contributed by atoms with Gasteiger partial charge in [-0.25, -0.2) is 4.98 Å². The predicted molar refractivity (Wildman–Crippen MR) is 136 cm³/mol. The maximum atomic E-state index is 12.7. The lowest BCUT2D eigenvalue weighted by molar-refractivity contribution is 0.0998. The van der Waals surface area contributed by atoms with Gasteiger partial charge in [0.15, 0.2) is 17.1 Å². The summed E-state index contributed by atoms with van der Waals surface area (Å²) >= 11 is 0. The van der Waals surface area contributed by atoms with E-state index in [4.69, 9.17) is 9.15 Å². The van der Waals surface area contributed by atoms with E-state index in [-0.39, 0.29) is 29.6 Å². The number of rotatable bonds is 4. The number of anilines is 2. The minimum atomic E-state index is -0.345. The normalized spacial score (nSPS) is 18.5. The SMILES string of the molecule is COc1cccc2cc(C(=O)Nc3ccc(N4CC5CC(C4)c4cccc(=O)n4C5)nc3)oc12.Cl. The van der Waals surface area contributed by atoms with Gasteiger partial charge in [0.25, 0.3) is 11.5 Å². The summed E-state index contributed by atoms with van der Waals surface area (Å²) in [6.07, 6.45) is 2.76. The van der Waals surface area contributed by atoms with E-state index in [1.54, 1.807) is 31.5 Å². The van der Waals surface area contributed by atoms with Crippen LogP contribution in [0.2, 0.25) is 0 Å². The molecule has 2 aliphatic heterocycles. The van der Waals surface area contributed by atoms with Crippen molar-refractivity contribution in [3.63, 3.8) is 0 Å². The van der Waals surface area contributed by atoms with Gasteiger partial charge in [-0.15, -0.1) is 12.4 Å². The molecule has 1 amide bonds. The average molecular weight is 493 g/mol. The van der Waals surface area contributed by atoms with Crippen molar-refractivity contribution in [3.8, 4) is 5.75 Å². The zero-order valence-electron chi connectivity index (χ0n) is 19.1. The summed E-state index contributed by atoms with van der Waals surface area (Å²) < 4.78 is 13.0. The number of aromatic nitrogens is 2. The van der Waals surface area contributed by atoms with Gasteiger partial charge in [-0.1, -0.05) is 18.2 Å². The molecule has 6 rings (SSSR count). The number of fused-ring (bicyclic) bond motifs is 5. The van der Waals surface area contributed by atoms with Crippen LogP contribution in [0.1, 0.15) is 28.6 Å². The molecule has 0 spiro atoms. The molecule has 2 aliphatic rings. The largest absolute Gasteiger partial charge is 0.493 e. The van der Waals surface area contributed by atoms with Crippen LogP contribution in [0.15, 0.2) is 70.0 Å². The number of amides is 1. The quantitative estimate of drug-likeness (QED) is 0.457. The molecular weight excluding hydrogens is 468 g/mol. The topological polar surface area (TPSA) is 89.6 Å². The predicted octanol–water partition coefficient (Wildman–Crippen LogP) is 4.30. The average Bonchev–Trinajstić information content (AvgIpc) is 3.30. The Morgan fingerprint density at radius 1 is 1.11 bits per heavy atom. The van der Waals surface area contributed by atoms with E-state index >= 15 is 0 Å². The minimum absolute atomic E-state index is 0. The van der Waals surface area contributed by atoms with Crippen LogP contribution in [0.25, 0.3) is 11.0 Å². The third kappa shape index (κ3) is 4.14. The van der Waals surface area contributed by atoms with E-state index in [1.165, 1.54) is 0 Å². The first-order chi connectivity index (χ1) is 16.6. The molecule has 1 saturated heterocycles. The van der Waals surface area contributed by atoms with E-state index in [0.29, 0.717) is 28.9 Å². The number of piperidine rings is 1. The summed E-state index contributed by atoms with van der Waals surface area (Å²) in [5.74, 6) is 2.04. The highest BCUT2D eigenvalue weighted by molar-refractivity contribution is 6.05. The van der Waals surface area contributed by atoms with Crippen LogP contribution >= 0.6 is 12.4 Å². The maximum Gasteiger partial charge on any atom is 0.291 e. The molecular formula is C26H25ClN4O4. The molecule has 0 radical (unpaired) electrons. The Bertz CT molecular complexity index is 1450. The van der Waals surface area contributed by atoms with Crippen molar-refractivity contribution in [1.82, 2.24) is 9.55 Å². The Hall–Kier alpha value is -3.78. The summed E-state index contributed by atoms with van der Waals surface area (Å²) in [4.78, 5) is 31.9. The number of hydrogen-bond donors (Lipinski definition) is 1. The zero-order valence-corrected chi connectivity index (χ0v) is 20.0. The standard InChI is InChI=1S/C26H24N4O4.ClH/c1-33-21-6-2-4-17-11-22(34-25(17)21)26(32)28-19-8-9-23(27-12-19)29-13-16-10-18(15-29)20-5-3-7-24(31)30(20)14-16;/h2-9,11-12,16,18H,10,13-15H2,1H3,(H,28,32);1H. The van der Waals surface area contributed by atoms with Crippen LogP contribution in [0, 0.1) is 5.92 Å². The third-order valence-electron chi connectivity index (χ3n) is 6.76.